The number of hydrogen-bond donors (Lipinski definition) is 1. The summed E-state index contributed by atoms with van der Waals surface area (Å²) in [6, 6.07) is 9.50. The van der Waals surface area contributed by atoms with Gasteiger partial charge in [0.05, 0.1) is 17.1 Å². The second kappa shape index (κ2) is 4.38. The number of rotatable bonds is 3. The van der Waals surface area contributed by atoms with Crippen LogP contribution in [0.1, 0.15) is 25.6 Å². The van der Waals surface area contributed by atoms with Gasteiger partial charge in [-0.05, 0) is 12.1 Å². The number of carbonyl (C=O) groups is 1. The number of aromatic nitrogens is 2. The number of benzene rings is 1. The molecular weight excluding hydrogens is 214 g/mol. The Kier molecular flexibility index (Phi) is 2.92. The van der Waals surface area contributed by atoms with E-state index in [1.54, 1.807) is 13.8 Å². The van der Waals surface area contributed by atoms with Crippen molar-refractivity contribution < 1.29 is 4.79 Å². The van der Waals surface area contributed by atoms with Gasteiger partial charge >= 0.3 is 0 Å². The van der Waals surface area contributed by atoms with E-state index in [0.717, 1.165) is 11.0 Å². The highest BCUT2D eigenvalue weighted by Gasteiger charge is 2.25. The molecule has 1 heterocycles. The van der Waals surface area contributed by atoms with E-state index >= 15 is 0 Å². The number of nitriles is 1. The van der Waals surface area contributed by atoms with Gasteiger partial charge < -0.3 is 4.98 Å². The molecule has 4 heteroatoms. The number of fused-ring (bicyclic) bond motifs is 1. The summed E-state index contributed by atoms with van der Waals surface area (Å²) in [6.07, 6.45) is 0. The minimum atomic E-state index is -0.803. The topological polar surface area (TPSA) is 69.5 Å². The van der Waals surface area contributed by atoms with E-state index in [-0.39, 0.29) is 11.7 Å². The molecule has 1 unspecified atom stereocenters. The molecule has 0 spiro atoms. The Hall–Kier alpha value is -2.15. The fourth-order valence-corrected chi connectivity index (χ4v) is 1.70. The number of imidazole rings is 1. The highest BCUT2D eigenvalue weighted by atomic mass is 16.1. The van der Waals surface area contributed by atoms with Crippen molar-refractivity contribution in [1.82, 2.24) is 9.97 Å². The lowest BCUT2D eigenvalue weighted by atomic mass is 9.96. The first-order valence-corrected chi connectivity index (χ1v) is 5.51. The average molecular weight is 227 g/mol. The standard InChI is InChI=1S/C13H13N3O/c1-8(2)12(17)9(7-14)13-15-10-5-3-4-6-11(10)16-13/h3-6,8-9H,1-2H3,(H,15,16). The molecule has 1 aromatic carbocycles. The first kappa shape index (κ1) is 11.3. The molecule has 0 aliphatic rings. The van der Waals surface area contributed by atoms with Crippen molar-refractivity contribution in [3.05, 3.63) is 30.1 Å². The molecule has 0 bridgehead atoms. The molecular formula is C13H13N3O. The minimum Gasteiger partial charge on any atom is -0.340 e. The molecule has 0 aliphatic heterocycles. The molecule has 1 atom stereocenters. The van der Waals surface area contributed by atoms with Crippen molar-refractivity contribution in [2.45, 2.75) is 19.8 Å². The lowest BCUT2D eigenvalue weighted by Crippen LogP contribution is -2.17. The van der Waals surface area contributed by atoms with Gasteiger partial charge in [-0.3, -0.25) is 4.79 Å². The number of nitrogens with one attached hydrogen (secondary N) is 1. The number of H-pyrrole nitrogens is 1. The van der Waals surface area contributed by atoms with E-state index in [2.05, 4.69) is 9.97 Å². The van der Waals surface area contributed by atoms with Gasteiger partial charge in [-0.2, -0.15) is 5.26 Å². The summed E-state index contributed by atoms with van der Waals surface area (Å²) < 4.78 is 0. The van der Waals surface area contributed by atoms with Crippen LogP contribution >= 0.6 is 0 Å². The van der Waals surface area contributed by atoms with Crippen LogP contribution in [-0.4, -0.2) is 15.8 Å². The number of para-hydroxylation sites is 2. The third kappa shape index (κ3) is 2.04. The van der Waals surface area contributed by atoms with Crippen molar-refractivity contribution in [2.75, 3.05) is 0 Å². The summed E-state index contributed by atoms with van der Waals surface area (Å²) in [4.78, 5) is 19.2. The maximum atomic E-state index is 11.9. The van der Waals surface area contributed by atoms with E-state index in [0.29, 0.717) is 5.82 Å². The summed E-state index contributed by atoms with van der Waals surface area (Å²) in [5.41, 5.74) is 1.62. The molecule has 86 valence electrons. The van der Waals surface area contributed by atoms with Gasteiger partial charge in [0, 0.05) is 5.92 Å². The quantitative estimate of drug-likeness (QED) is 0.875. The second-order valence-electron chi connectivity index (χ2n) is 4.26. The van der Waals surface area contributed by atoms with Crippen LogP contribution in [0, 0.1) is 17.2 Å². The lowest BCUT2D eigenvalue weighted by molar-refractivity contribution is -0.122. The molecule has 0 fully saturated rings. The van der Waals surface area contributed by atoms with Crippen molar-refractivity contribution >= 4 is 16.8 Å². The number of aromatic amines is 1. The summed E-state index contributed by atoms with van der Waals surface area (Å²) in [5, 5.41) is 9.09. The van der Waals surface area contributed by atoms with E-state index in [9.17, 15) is 4.79 Å². The Morgan fingerprint density at radius 1 is 1.41 bits per heavy atom. The SMILES string of the molecule is CC(C)C(=O)C(C#N)c1nc2ccccc2[nH]1. The first-order valence-electron chi connectivity index (χ1n) is 5.51. The van der Waals surface area contributed by atoms with E-state index in [1.165, 1.54) is 0 Å². The van der Waals surface area contributed by atoms with Gasteiger partial charge in [0.25, 0.3) is 0 Å². The first-order chi connectivity index (χ1) is 8.13. The molecule has 1 N–H and O–H groups in total. The Balaban J connectivity index is 2.44. The third-order valence-corrected chi connectivity index (χ3v) is 2.66. The van der Waals surface area contributed by atoms with Gasteiger partial charge in [0.15, 0.2) is 11.7 Å². The minimum absolute atomic E-state index is 0.105. The maximum absolute atomic E-state index is 11.9. The van der Waals surface area contributed by atoms with Crippen LogP contribution in [0.3, 0.4) is 0 Å². The average Bonchev–Trinajstić information content (AvgIpc) is 2.72. The van der Waals surface area contributed by atoms with Crippen LogP contribution in [0.5, 0.6) is 0 Å². The lowest BCUT2D eigenvalue weighted by Gasteiger charge is -2.07. The van der Waals surface area contributed by atoms with E-state index in [4.69, 9.17) is 5.26 Å². The highest BCUT2D eigenvalue weighted by Crippen LogP contribution is 2.20. The van der Waals surface area contributed by atoms with Gasteiger partial charge in [0.1, 0.15) is 5.82 Å². The maximum Gasteiger partial charge on any atom is 0.162 e. The number of Topliss-reactive ketones (excluding diaryl/α,β-unsaturated/α-hetero) is 1. The smallest absolute Gasteiger partial charge is 0.162 e. The van der Waals surface area contributed by atoms with Crippen molar-refractivity contribution in [3.63, 3.8) is 0 Å². The summed E-state index contributed by atoms with van der Waals surface area (Å²) in [5.74, 6) is -0.644. The number of hydrogen-bond acceptors (Lipinski definition) is 3. The largest absolute Gasteiger partial charge is 0.340 e. The predicted octanol–water partition coefficient (Wildman–Crippen LogP) is 2.40. The van der Waals surface area contributed by atoms with Crippen molar-refractivity contribution in [1.29, 1.82) is 5.26 Å². The molecule has 0 saturated heterocycles. The molecule has 2 aromatic rings. The van der Waals surface area contributed by atoms with Crippen LogP contribution in [0.25, 0.3) is 11.0 Å². The number of ketones is 1. The van der Waals surface area contributed by atoms with Gasteiger partial charge in [-0.25, -0.2) is 4.98 Å². The predicted molar refractivity (Wildman–Crippen MR) is 64.3 cm³/mol. The zero-order chi connectivity index (χ0) is 12.4. The molecule has 4 nitrogen and oxygen atoms in total. The fraction of sp³-hybridized carbons (Fsp3) is 0.308. The molecule has 0 amide bonds. The van der Waals surface area contributed by atoms with Crippen molar-refractivity contribution in [3.8, 4) is 6.07 Å². The van der Waals surface area contributed by atoms with E-state index in [1.807, 2.05) is 30.3 Å². The van der Waals surface area contributed by atoms with Gasteiger partial charge in [-0.15, -0.1) is 0 Å². The molecule has 0 radical (unpaired) electrons. The van der Waals surface area contributed by atoms with Crippen LogP contribution in [0.4, 0.5) is 0 Å². The number of carbonyl (C=O) groups excluding carboxylic acids is 1. The van der Waals surface area contributed by atoms with Crippen LogP contribution in [0.15, 0.2) is 24.3 Å². The third-order valence-electron chi connectivity index (χ3n) is 2.66. The Bertz CT molecular complexity index is 559. The van der Waals surface area contributed by atoms with E-state index < -0.39 is 5.92 Å². The molecule has 2 rings (SSSR count). The molecule has 0 aliphatic carbocycles. The van der Waals surface area contributed by atoms with Gasteiger partial charge in [-0.1, -0.05) is 26.0 Å². The summed E-state index contributed by atoms with van der Waals surface area (Å²) in [7, 11) is 0. The normalized spacial score (nSPS) is 12.6. The second-order valence-corrected chi connectivity index (χ2v) is 4.26. The zero-order valence-corrected chi connectivity index (χ0v) is 9.77. The molecule has 17 heavy (non-hydrogen) atoms. The molecule has 0 saturated carbocycles. The van der Waals surface area contributed by atoms with Gasteiger partial charge in [0.2, 0.25) is 0 Å². The Labute approximate surface area is 99.3 Å². The fourth-order valence-electron chi connectivity index (χ4n) is 1.70. The zero-order valence-electron chi connectivity index (χ0n) is 9.77. The summed E-state index contributed by atoms with van der Waals surface area (Å²) in [6.45, 7) is 3.57. The molecule has 1 aromatic heterocycles. The van der Waals surface area contributed by atoms with Crippen LogP contribution in [0.2, 0.25) is 0 Å². The van der Waals surface area contributed by atoms with Crippen LogP contribution < -0.4 is 0 Å². The van der Waals surface area contributed by atoms with Crippen molar-refractivity contribution in [2.24, 2.45) is 5.92 Å². The Morgan fingerprint density at radius 2 is 2.12 bits per heavy atom. The monoisotopic (exact) mass is 227 g/mol. The highest BCUT2D eigenvalue weighted by molar-refractivity contribution is 5.90. The van der Waals surface area contributed by atoms with Crippen LogP contribution in [-0.2, 0) is 4.79 Å². The number of nitrogens with zero attached hydrogens (tertiary/aromatic N) is 2. The Morgan fingerprint density at radius 3 is 2.71 bits per heavy atom. The summed E-state index contributed by atoms with van der Waals surface area (Å²) >= 11 is 0.